The Hall–Kier alpha value is -3.65. The minimum atomic E-state index is -0.507. The molecule has 2 heterocycles. The van der Waals surface area contributed by atoms with Gasteiger partial charge in [-0.1, -0.05) is 47.1 Å². The van der Waals surface area contributed by atoms with Crippen molar-refractivity contribution in [3.8, 4) is 5.75 Å². The predicted octanol–water partition coefficient (Wildman–Crippen LogP) is 4.85. The van der Waals surface area contributed by atoms with Crippen LogP contribution in [-0.4, -0.2) is 20.8 Å². The molecule has 4 rings (SSSR count). The molecule has 2 aromatic heterocycles. The van der Waals surface area contributed by atoms with Crippen LogP contribution in [0, 0.1) is 12.7 Å². The maximum absolute atomic E-state index is 13.8. The summed E-state index contributed by atoms with van der Waals surface area (Å²) in [6.07, 6.45) is 1.73. The molecule has 1 amide bonds. The number of benzene rings is 2. The van der Waals surface area contributed by atoms with Gasteiger partial charge in [-0.15, -0.1) is 0 Å². The van der Waals surface area contributed by atoms with Crippen LogP contribution in [0.4, 0.5) is 10.2 Å². The van der Waals surface area contributed by atoms with Crippen molar-refractivity contribution < 1.29 is 18.4 Å². The lowest BCUT2D eigenvalue weighted by molar-refractivity contribution is 0.101. The second-order valence-corrected chi connectivity index (χ2v) is 7.14. The molecular formula is C22H18ClFN4O3. The monoisotopic (exact) mass is 440 g/mol. The number of amides is 1. The van der Waals surface area contributed by atoms with E-state index < -0.39 is 11.7 Å². The number of halogens is 2. The first kappa shape index (κ1) is 20.6. The van der Waals surface area contributed by atoms with Gasteiger partial charge in [0.15, 0.2) is 23.1 Å². The van der Waals surface area contributed by atoms with E-state index in [1.807, 2.05) is 18.2 Å². The molecule has 1 N–H and O–H groups in total. The fourth-order valence-corrected chi connectivity index (χ4v) is 3.14. The minimum absolute atomic E-state index is 0.0505. The van der Waals surface area contributed by atoms with Crippen molar-refractivity contribution >= 4 is 23.3 Å². The lowest BCUT2D eigenvalue weighted by Crippen LogP contribution is -2.16. The summed E-state index contributed by atoms with van der Waals surface area (Å²) in [7, 11) is 0. The number of carbonyl (C=O) groups is 1. The van der Waals surface area contributed by atoms with Crippen molar-refractivity contribution in [1.82, 2.24) is 14.9 Å². The summed E-state index contributed by atoms with van der Waals surface area (Å²) in [5.74, 6) is -0.171. The van der Waals surface area contributed by atoms with Gasteiger partial charge in [0, 0.05) is 17.3 Å². The SMILES string of the molecule is Cc1onc(C(=O)Nc2ccn(Cc3ccccc3Cl)n2)c1COc1ccccc1F. The normalized spacial score (nSPS) is 10.8. The molecule has 0 unspecified atom stereocenters. The van der Waals surface area contributed by atoms with Crippen LogP contribution in [0.25, 0.3) is 0 Å². The van der Waals surface area contributed by atoms with Gasteiger partial charge in [0.05, 0.1) is 12.1 Å². The first-order valence-corrected chi connectivity index (χ1v) is 9.80. The predicted molar refractivity (Wildman–Crippen MR) is 113 cm³/mol. The Kier molecular flexibility index (Phi) is 5.99. The number of nitrogens with one attached hydrogen (secondary N) is 1. The summed E-state index contributed by atoms with van der Waals surface area (Å²) >= 11 is 6.18. The first-order valence-electron chi connectivity index (χ1n) is 9.42. The third-order valence-corrected chi connectivity index (χ3v) is 4.95. The highest BCUT2D eigenvalue weighted by atomic mass is 35.5. The number of ether oxygens (including phenoxy) is 1. The van der Waals surface area contributed by atoms with Gasteiger partial charge in [-0.05, 0) is 30.7 Å². The quantitative estimate of drug-likeness (QED) is 0.444. The lowest BCUT2D eigenvalue weighted by Gasteiger charge is -2.07. The second-order valence-electron chi connectivity index (χ2n) is 6.73. The summed E-state index contributed by atoms with van der Waals surface area (Å²) in [6, 6.07) is 15.1. The topological polar surface area (TPSA) is 82.2 Å². The molecule has 31 heavy (non-hydrogen) atoms. The van der Waals surface area contributed by atoms with Crippen molar-refractivity contribution in [2.45, 2.75) is 20.1 Å². The molecule has 0 radical (unpaired) electrons. The summed E-state index contributed by atoms with van der Waals surface area (Å²) in [5, 5.41) is 11.5. The molecule has 2 aromatic carbocycles. The van der Waals surface area contributed by atoms with Crippen LogP contribution in [0.2, 0.25) is 5.02 Å². The van der Waals surface area contributed by atoms with Crippen LogP contribution in [0.15, 0.2) is 65.3 Å². The van der Waals surface area contributed by atoms with Crippen LogP contribution >= 0.6 is 11.6 Å². The molecule has 0 bridgehead atoms. The van der Waals surface area contributed by atoms with Crippen LogP contribution in [0.1, 0.15) is 27.4 Å². The zero-order valence-corrected chi connectivity index (χ0v) is 17.3. The van der Waals surface area contributed by atoms with Crippen molar-refractivity contribution in [3.63, 3.8) is 0 Å². The van der Waals surface area contributed by atoms with Gasteiger partial charge < -0.3 is 14.6 Å². The highest BCUT2D eigenvalue weighted by molar-refractivity contribution is 6.31. The van der Waals surface area contributed by atoms with E-state index in [0.717, 1.165) is 5.56 Å². The summed E-state index contributed by atoms with van der Waals surface area (Å²) in [6.45, 7) is 2.04. The zero-order chi connectivity index (χ0) is 21.8. The van der Waals surface area contributed by atoms with Crippen LogP contribution in [0.5, 0.6) is 5.75 Å². The number of rotatable bonds is 7. The number of hydrogen-bond acceptors (Lipinski definition) is 5. The van der Waals surface area contributed by atoms with Gasteiger partial charge in [-0.2, -0.15) is 5.10 Å². The minimum Gasteiger partial charge on any atom is -0.486 e. The molecule has 0 spiro atoms. The van der Waals surface area contributed by atoms with E-state index in [4.69, 9.17) is 20.9 Å². The average molecular weight is 441 g/mol. The van der Waals surface area contributed by atoms with Gasteiger partial charge in [0.1, 0.15) is 12.4 Å². The average Bonchev–Trinajstić information content (AvgIpc) is 3.35. The largest absolute Gasteiger partial charge is 0.486 e. The van der Waals surface area contributed by atoms with Crippen LogP contribution < -0.4 is 10.1 Å². The fourth-order valence-electron chi connectivity index (χ4n) is 2.94. The Bertz CT molecular complexity index is 1220. The van der Waals surface area contributed by atoms with E-state index in [2.05, 4.69) is 15.6 Å². The van der Waals surface area contributed by atoms with Gasteiger partial charge in [0.25, 0.3) is 5.91 Å². The number of aryl methyl sites for hydroxylation is 1. The van der Waals surface area contributed by atoms with Crippen LogP contribution in [0.3, 0.4) is 0 Å². The Labute approximate surface area is 182 Å². The fraction of sp³-hybridized carbons (Fsp3) is 0.136. The second kappa shape index (κ2) is 9.01. The van der Waals surface area contributed by atoms with E-state index in [1.54, 1.807) is 42.1 Å². The number of nitrogens with zero attached hydrogens (tertiary/aromatic N) is 3. The molecule has 0 aliphatic heterocycles. The molecule has 7 nitrogen and oxygen atoms in total. The molecule has 0 aliphatic rings. The maximum Gasteiger partial charge on any atom is 0.279 e. The standard InChI is InChI=1S/C22H18ClFN4O3/c1-14-16(13-30-19-9-5-4-8-18(19)24)21(27-31-14)22(29)25-20-10-11-28(26-20)12-15-6-2-3-7-17(15)23/h2-11H,12-13H2,1H3,(H,25,26,29). The molecule has 0 saturated heterocycles. The molecule has 0 fully saturated rings. The molecule has 0 saturated carbocycles. The van der Waals surface area contributed by atoms with E-state index in [1.165, 1.54) is 12.1 Å². The number of carbonyl (C=O) groups excluding carboxylic acids is 1. The zero-order valence-electron chi connectivity index (χ0n) is 16.5. The molecule has 4 aromatic rings. The van der Waals surface area contributed by atoms with Crippen molar-refractivity contribution in [3.05, 3.63) is 94.2 Å². The molecule has 158 valence electrons. The number of anilines is 1. The summed E-state index contributed by atoms with van der Waals surface area (Å²) in [4.78, 5) is 12.7. The Morgan fingerprint density at radius 2 is 1.97 bits per heavy atom. The molecule has 0 atom stereocenters. The molecular weight excluding hydrogens is 423 g/mol. The van der Waals surface area contributed by atoms with E-state index in [0.29, 0.717) is 28.7 Å². The number of aromatic nitrogens is 3. The van der Waals surface area contributed by atoms with Crippen molar-refractivity contribution in [2.75, 3.05) is 5.32 Å². The Balaban J connectivity index is 1.44. The third-order valence-electron chi connectivity index (χ3n) is 4.58. The van der Waals surface area contributed by atoms with Gasteiger partial charge in [-0.25, -0.2) is 4.39 Å². The smallest absolute Gasteiger partial charge is 0.279 e. The highest BCUT2D eigenvalue weighted by Gasteiger charge is 2.21. The Morgan fingerprint density at radius 3 is 2.77 bits per heavy atom. The van der Waals surface area contributed by atoms with Gasteiger partial charge in [0.2, 0.25) is 0 Å². The third kappa shape index (κ3) is 4.75. The number of hydrogen-bond donors (Lipinski definition) is 1. The summed E-state index contributed by atoms with van der Waals surface area (Å²) in [5.41, 5.74) is 1.38. The van der Waals surface area contributed by atoms with E-state index >= 15 is 0 Å². The lowest BCUT2D eigenvalue weighted by atomic mass is 10.2. The summed E-state index contributed by atoms with van der Waals surface area (Å²) < 4.78 is 26.1. The van der Waals surface area contributed by atoms with Crippen molar-refractivity contribution in [2.24, 2.45) is 0 Å². The van der Waals surface area contributed by atoms with Gasteiger partial charge in [-0.3, -0.25) is 9.48 Å². The van der Waals surface area contributed by atoms with E-state index in [-0.39, 0.29) is 18.1 Å². The maximum atomic E-state index is 13.8. The number of para-hydroxylation sites is 1. The molecule has 9 heteroatoms. The molecule has 0 aliphatic carbocycles. The first-order chi connectivity index (χ1) is 15.0. The van der Waals surface area contributed by atoms with Crippen molar-refractivity contribution in [1.29, 1.82) is 0 Å². The van der Waals surface area contributed by atoms with Gasteiger partial charge >= 0.3 is 0 Å². The van der Waals surface area contributed by atoms with Crippen LogP contribution in [-0.2, 0) is 13.2 Å². The highest BCUT2D eigenvalue weighted by Crippen LogP contribution is 2.21. The van der Waals surface area contributed by atoms with E-state index in [9.17, 15) is 9.18 Å². The Morgan fingerprint density at radius 1 is 1.19 bits per heavy atom.